The zero-order valence-electron chi connectivity index (χ0n) is 9.47. The van der Waals surface area contributed by atoms with E-state index < -0.39 is 4.92 Å². The molecule has 0 aliphatic carbocycles. The average molecular weight is 299 g/mol. The van der Waals surface area contributed by atoms with Gasteiger partial charge in [-0.05, 0) is 12.1 Å². The number of nitrogen functional groups attached to an aromatic ring is 1. The van der Waals surface area contributed by atoms with Gasteiger partial charge >= 0.3 is 0 Å². The normalized spacial score (nSPS) is 10.2. The molecular weight excluding hydrogens is 291 g/mol. The van der Waals surface area contributed by atoms with Crippen molar-refractivity contribution in [3.63, 3.8) is 0 Å². The van der Waals surface area contributed by atoms with Crippen LogP contribution in [0.15, 0.2) is 36.4 Å². The van der Waals surface area contributed by atoms with Gasteiger partial charge in [0.1, 0.15) is 16.5 Å². The van der Waals surface area contributed by atoms with Crippen LogP contribution in [-0.4, -0.2) is 4.92 Å². The molecule has 0 bridgehead atoms. The van der Waals surface area contributed by atoms with Crippen molar-refractivity contribution < 1.29 is 9.66 Å². The Hall–Kier alpha value is -1.98. The molecule has 0 saturated carbocycles. The highest BCUT2D eigenvalue weighted by Gasteiger charge is 2.12. The number of nitro benzene ring substituents is 1. The molecule has 0 radical (unpaired) electrons. The van der Waals surface area contributed by atoms with Crippen LogP contribution in [0.5, 0.6) is 11.5 Å². The van der Waals surface area contributed by atoms with Crippen LogP contribution in [0.25, 0.3) is 0 Å². The topological polar surface area (TPSA) is 78.4 Å². The van der Waals surface area contributed by atoms with Crippen molar-refractivity contribution in [3.8, 4) is 11.5 Å². The number of nitrogens with two attached hydrogens (primary N) is 1. The zero-order valence-corrected chi connectivity index (χ0v) is 11.0. The lowest BCUT2D eigenvalue weighted by Gasteiger charge is -2.08. The third-order valence-electron chi connectivity index (χ3n) is 2.27. The Morgan fingerprint density at radius 2 is 1.95 bits per heavy atom. The van der Waals surface area contributed by atoms with Gasteiger partial charge in [-0.3, -0.25) is 10.1 Å². The van der Waals surface area contributed by atoms with Gasteiger partial charge in [-0.15, -0.1) is 0 Å². The molecule has 7 heteroatoms. The van der Waals surface area contributed by atoms with Gasteiger partial charge in [-0.25, -0.2) is 0 Å². The van der Waals surface area contributed by atoms with Crippen molar-refractivity contribution in [2.75, 3.05) is 5.73 Å². The Balaban J connectivity index is 2.38. The molecule has 0 amide bonds. The largest absolute Gasteiger partial charge is 0.455 e. The van der Waals surface area contributed by atoms with E-state index in [1.54, 1.807) is 18.2 Å². The highest BCUT2D eigenvalue weighted by Crippen LogP contribution is 2.36. The van der Waals surface area contributed by atoms with E-state index in [1.165, 1.54) is 18.2 Å². The number of halogens is 2. The number of benzene rings is 2. The summed E-state index contributed by atoms with van der Waals surface area (Å²) in [5.41, 5.74) is 5.64. The second-order valence-corrected chi connectivity index (χ2v) is 4.46. The predicted molar refractivity (Wildman–Crippen MR) is 74.0 cm³/mol. The summed E-state index contributed by atoms with van der Waals surface area (Å²) in [7, 11) is 0. The van der Waals surface area contributed by atoms with Crippen LogP contribution >= 0.6 is 23.2 Å². The summed E-state index contributed by atoms with van der Waals surface area (Å²) >= 11 is 11.8. The van der Waals surface area contributed by atoms with Crippen LogP contribution in [0.1, 0.15) is 0 Å². The first kappa shape index (κ1) is 13.5. The summed E-state index contributed by atoms with van der Waals surface area (Å²) < 4.78 is 5.46. The molecule has 2 aromatic rings. The van der Waals surface area contributed by atoms with E-state index in [4.69, 9.17) is 33.7 Å². The first-order valence-electron chi connectivity index (χ1n) is 5.14. The summed E-state index contributed by atoms with van der Waals surface area (Å²) in [4.78, 5) is 10.2. The first-order chi connectivity index (χ1) is 8.97. The van der Waals surface area contributed by atoms with Crippen molar-refractivity contribution in [2.24, 2.45) is 0 Å². The Morgan fingerprint density at radius 1 is 1.21 bits per heavy atom. The lowest BCUT2D eigenvalue weighted by Crippen LogP contribution is -1.94. The molecule has 0 heterocycles. The highest BCUT2D eigenvalue weighted by molar-refractivity contribution is 6.42. The third-order valence-corrected chi connectivity index (χ3v) is 3.07. The lowest BCUT2D eigenvalue weighted by atomic mass is 10.2. The van der Waals surface area contributed by atoms with Crippen LogP contribution in [-0.2, 0) is 0 Å². The van der Waals surface area contributed by atoms with Gasteiger partial charge < -0.3 is 10.5 Å². The van der Waals surface area contributed by atoms with Crippen LogP contribution in [0.3, 0.4) is 0 Å². The molecule has 2 N–H and O–H groups in total. The molecule has 0 aromatic heterocycles. The maximum atomic E-state index is 10.7. The van der Waals surface area contributed by atoms with Gasteiger partial charge in [0.2, 0.25) is 0 Å². The van der Waals surface area contributed by atoms with Crippen LogP contribution < -0.4 is 10.5 Å². The number of non-ortho nitro benzene ring substituents is 1. The fourth-order valence-corrected chi connectivity index (χ4v) is 1.79. The molecule has 5 nitrogen and oxygen atoms in total. The first-order valence-corrected chi connectivity index (χ1v) is 5.90. The van der Waals surface area contributed by atoms with Crippen molar-refractivity contribution in [3.05, 3.63) is 56.6 Å². The monoisotopic (exact) mass is 298 g/mol. The molecule has 0 fully saturated rings. The van der Waals surface area contributed by atoms with E-state index in [0.717, 1.165) is 0 Å². The van der Waals surface area contributed by atoms with E-state index in [0.29, 0.717) is 10.8 Å². The minimum absolute atomic E-state index is 0.159. The van der Waals surface area contributed by atoms with Gasteiger partial charge in [0.15, 0.2) is 0 Å². The molecule has 0 saturated heterocycles. The molecule has 98 valence electrons. The van der Waals surface area contributed by atoms with Crippen LogP contribution in [0.4, 0.5) is 11.4 Å². The lowest BCUT2D eigenvalue weighted by molar-refractivity contribution is -0.384. The number of nitro groups is 1. The minimum Gasteiger partial charge on any atom is -0.455 e. The van der Waals surface area contributed by atoms with Crippen LogP contribution in [0, 0.1) is 10.1 Å². The van der Waals surface area contributed by atoms with Crippen LogP contribution in [0.2, 0.25) is 10.0 Å². The van der Waals surface area contributed by atoms with Gasteiger partial charge in [0.05, 0.1) is 16.0 Å². The molecule has 2 aromatic carbocycles. The number of hydrogen-bond acceptors (Lipinski definition) is 4. The SMILES string of the molecule is Nc1cc(Oc2cccc(Cl)c2Cl)cc([N+](=O)[O-])c1. The van der Waals surface area contributed by atoms with Crippen molar-refractivity contribution in [1.29, 1.82) is 0 Å². The van der Waals surface area contributed by atoms with Gasteiger partial charge in [-0.1, -0.05) is 29.3 Å². The Labute approximate surface area is 118 Å². The molecule has 0 spiro atoms. The zero-order chi connectivity index (χ0) is 14.0. The standard InChI is InChI=1S/C12H8Cl2N2O3/c13-10-2-1-3-11(12(10)14)19-9-5-7(15)4-8(6-9)16(17)18/h1-6H,15H2. The number of ether oxygens (including phenoxy) is 1. The highest BCUT2D eigenvalue weighted by atomic mass is 35.5. The number of rotatable bonds is 3. The quantitative estimate of drug-likeness (QED) is 0.521. The molecule has 0 aliphatic rings. The van der Waals surface area contributed by atoms with Crippen molar-refractivity contribution in [1.82, 2.24) is 0 Å². The van der Waals surface area contributed by atoms with E-state index in [2.05, 4.69) is 0 Å². The smallest absolute Gasteiger partial charge is 0.275 e. The van der Waals surface area contributed by atoms with E-state index >= 15 is 0 Å². The molecule has 0 unspecified atom stereocenters. The van der Waals surface area contributed by atoms with E-state index in [9.17, 15) is 10.1 Å². The Bertz CT molecular complexity index is 647. The Morgan fingerprint density at radius 3 is 2.63 bits per heavy atom. The maximum Gasteiger partial charge on any atom is 0.275 e. The maximum absolute atomic E-state index is 10.7. The minimum atomic E-state index is -0.553. The van der Waals surface area contributed by atoms with E-state index in [1.807, 2.05) is 0 Å². The number of anilines is 1. The van der Waals surface area contributed by atoms with Gasteiger partial charge in [0, 0.05) is 17.8 Å². The predicted octanol–water partition coefficient (Wildman–Crippen LogP) is 4.28. The summed E-state index contributed by atoms with van der Waals surface area (Å²) in [6.07, 6.45) is 0. The molecule has 0 aliphatic heterocycles. The fourth-order valence-electron chi connectivity index (χ4n) is 1.46. The summed E-state index contributed by atoms with van der Waals surface area (Å²) in [5.74, 6) is 0.518. The van der Waals surface area contributed by atoms with E-state index in [-0.39, 0.29) is 22.1 Å². The molecule has 0 atom stereocenters. The molecule has 19 heavy (non-hydrogen) atoms. The second kappa shape index (κ2) is 5.34. The third kappa shape index (κ3) is 3.07. The molecular formula is C12H8Cl2N2O3. The van der Waals surface area contributed by atoms with Crippen molar-refractivity contribution in [2.45, 2.75) is 0 Å². The second-order valence-electron chi connectivity index (χ2n) is 3.67. The fraction of sp³-hybridized carbons (Fsp3) is 0. The average Bonchev–Trinajstić information content (AvgIpc) is 2.34. The van der Waals surface area contributed by atoms with Gasteiger partial charge in [0.25, 0.3) is 5.69 Å². The summed E-state index contributed by atoms with van der Waals surface area (Å²) in [5, 5.41) is 11.3. The van der Waals surface area contributed by atoms with Gasteiger partial charge in [-0.2, -0.15) is 0 Å². The Kier molecular flexibility index (Phi) is 3.78. The number of hydrogen-bond donors (Lipinski definition) is 1. The summed E-state index contributed by atoms with van der Waals surface area (Å²) in [6, 6.07) is 8.83. The number of nitrogens with zero attached hydrogens (tertiary/aromatic N) is 1. The van der Waals surface area contributed by atoms with Crippen molar-refractivity contribution >= 4 is 34.6 Å². The molecule has 2 rings (SSSR count). The summed E-state index contributed by atoms with van der Waals surface area (Å²) in [6.45, 7) is 0.